The summed E-state index contributed by atoms with van der Waals surface area (Å²) in [5.41, 5.74) is 2.06. The van der Waals surface area contributed by atoms with E-state index >= 15 is 0 Å². The lowest BCUT2D eigenvalue weighted by molar-refractivity contribution is -0.150. The van der Waals surface area contributed by atoms with Crippen LogP contribution >= 0.6 is 0 Å². The number of methoxy groups -OCH3 is 1. The zero-order valence-corrected chi connectivity index (χ0v) is 18.8. The van der Waals surface area contributed by atoms with E-state index in [-0.39, 0.29) is 11.5 Å². The number of Topliss-reactive ketones (excluding diaryl/α,β-unsaturated/α-hetero) is 1. The summed E-state index contributed by atoms with van der Waals surface area (Å²) >= 11 is 0. The number of carbonyl (C=O) groups is 3. The number of benzene rings is 2. The molecule has 2 aromatic carbocycles. The van der Waals surface area contributed by atoms with Crippen molar-refractivity contribution in [2.45, 2.75) is 40.0 Å². The van der Waals surface area contributed by atoms with Gasteiger partial charge < -0.3 is 24.6 Å². The van der Waals surface area contributed by atoms with Crippen molar-refractivity contribution < 1.29 is 33.7 Å². The van der Waals surface area contributed by atoms with Crippen molar-refractivity contribution in [1.29, 1.82) is 0 Å². The number of ether oxygens (including phenoxy) is 3. The van der Waals surface area contributed by atoms with Crippen molar-refractivity contribution in [3.63, 3.8) is 0 Å². The molecule has 0 heterocycles. The molecule has 32 heavy (non-hydrogen) atoms. The Balaban J connectivity index is 1.94. The molecule has 0 unspecified atom stereocenters. The van der Waals surface area contributed by atoms with Crippen LogP contribution < -0.4 is 14.8 Å². The molecule has 0 aliphatic carbocycles. The monoisotopic (exact) mass is 443 g/mol. The molecule has 8 nitrogen and oxygen atoms in total. The number of hydrogen-bond donors (Lipinski definition) is 2. The fourth-order valence-electron chi connectivity index (χ4n) is 3.12. The highest BCUT2D eigenvalue weighted by molar-refractivity contribution is 6.37. The third-order valence-corrected chi connectivity index (χ3v) is 4.83. The second-order valence-corrected chi connectivity index (χ2v) is 7.17. The topological polar surface area (TPSA) is 111 Å². The Morgan fingerprint density at radius 2 is 1.72 bits per heavy atom. The molecule has 0 saturated carbocycles. The number of anilines is 1. The molecule has 172 valence electrons. The summed E-state index contributed by atoms with van der Waals surface area (Å²) in [6, 6.07) is 8.42. The summed E-state index contributed by atoms with van der Waals surface area (Å²) in [6.07, 6.45) is 1.97. The van der Waals surface area contributed by atoms with Gasteiger partial charge in [-0.1, -0.05) is 19.4 Å². The summed E-state index contributed by atoms with van der Waals surface area (Å²) in [5, 5.41) is 12.9. The minimum atomic E-state index is -0.974. The van der Waals surface area contributed by atoms with Crippen molar-refractivity contribution >= 4 is 23.3 Å². The third-order valence-electron chi connectivity index (χ3n) is 4.83. The Bertz CT molecular complexity index is 985. The molecule has 0 saturated heterocycles. The maximum absolute atomic E-state index is 11.7. The van der Waals surface area contributed by atoms with Crippen molar-refractivity contribution in [3.05, 3.63) is 47.0 Å². The second kappa shape index (κ2) is 11.7. The number of amides is 1. The largest absolute Gasteiger partial charge is 0.507 e. The molecule has 0 aliphatic rings. The number of hydrogen-bond acceptors (Lipinski definition) is 7. The van der Waals surface area contributed by atoms with Crippen molar-refractivity contribution in [3.8, 4) is 17.2 Å². The maximum Gasteiger partial charge on any atom is 0.396 e. The number of rotatable bonds is 10. The predicted molar refractivity (Wildman–Crippen MR) is 120 cm³/mol. The number of carbonyl (C=O) groups excluding carboxylic acids is 3. The summed E-state index contributed by atoms with van der Waals surface area (Å²) in [7, 11) is 1.14. The van der Waals surface area contributed by atoms with Crippen LogP contribution in [-0.2, 0) is 20.7 Å². The summed E-state index contributed by atoms with van der Waals surface area (Å²) in [6.45, 7) is 5.89. The Morgan fingerprint density at radius 1 is 1.03 bits per heavy atom. The van der Waals surface area contributed by atoms with Crippen molar-refractivity contribution in [2.75, 3.05) is 25.6 Å². The van der Waals surface area contributed by atoms with Crippen LogP contribution in [-0.4, -0.2) is 43.1 Å². The lowest BCUT2D eigenvalue weighted by atomic mass is 10.0. The summed E-state index contributed by atoms with van der Waals surface area (Å²) < 4.78 is 16.0. The van der Waals surface area contributed by atoms with Crippen LogP contribution in [0.3, 0.4) is 0 Å². The van der Waals surface area contributed by atoms with Gasteiger partial charge in [0.2, 0.25) is 0 Å². The van der Waals surface area contributed by atoms with Crippen LogP contribution in [0, 0.1) is 6.92 Å². The highest BCUT2D eigenvalue weighted by Crippen LogP contribution is 2.33. The Hall–Kier alpha value is -3.55. The van der Waals surface area contributed by atoms with Crippen LogP contribution in [0.1, 0.15) is 48.2 Å². The molecule has 2 N–H and O–H groups in total. The standard InChI is InChI=1S/C24H29NO7/c1-5-8-18-21(12-11-17(16(3)26)22(18)27)32-14-7-13-31-20-10-6-9-19(15(20)2)25-23(28)24(29)30-4/h6,9-12,27H,5,7-8,13-14H2,1-4H3,(H,25,28). The Kier molecular flexibility index (Phi) is 9.07. The lowest BCUT2D eigenvalue weighted by Gasteiger charge is -2.15. The second-order valence-electron chi connectivity index (χ2n) is 7.17. The average Bonchev–Trinajstić information content (AvgIpc) is 2.77. The van der Waals surface area contributed by atoms with Crippen LogP contribution in [0.4, 0.5) is 5.69 Å². The molecular formula is C24H29NO7. The molecule has 0 atom stereocenters. The summed E-state index contributed by atoms with van der Waals surface area (Å²) in [4.78, 5) is 34.7. The minimum absolute atomic E-state index is 0.0189. The van der Waals surface area contributed by atoms with E-state index in [1.54, 1.807) is 37.3 Å². The number of phenolic OH excluding ortho intramolecular Hbond substituents is 1. The zero-order chi connectivity index (χ0) is 23.7. The van der Waals surface area contributed by atoms with E-state index in [0.717, 1.165) is 13.5 Å². The van der Waals surface area contributed by atoms with Gasteiger partial charge in [-0.3, -0.25) is 9.59 Å². The third kappa shape index (κ3) is 6.23. The molecule has 0 bridgehead atoms. The Labute approximate surface area is 187 Å². The molecule has 0 fully saturated rings. The van der Waals surface area contributed by atoms with E-state index in [1.807, 2.05) is 6.92 Å². The fraction of sp³-hybridized carbons (Fsp3) is 0.375. The molecule has 0 radical (unpaired) electrons. The van der Waals surface area contributed by atoms with Gasteiger partial charge in [0, 0.05) is 23.2 Å². The number of aromatic hydroxyl groups is 1. The number of nitrogens with one attached hydrogen (secondary N) is 1. The fourth-order valence-corrected chi connectivity index (χ4v) is 3.12. The Morgan fingerprint density at radius 3 is 2.34 bits per heavy atom. The van der Waals surface area contributed by atoms with Gasteiger partial charge in [-0.25, -0.2) is 4.79 Å². The first-order valence-corrected chi connectivity index (χ1v) is 10.4. The average molecular weight is 443 g/mol. The van der Waals surface area contributed by atoms with Crippen LogP contribution in [0.15, 0.2) is 30.3 Å². The molecule has 0 aromatic heterocycles. The van der Waals surface area contributed by atoms with E-state index in [2.05, 4.69) is 10.1 Å². The van der Waals surface area contributed by atoms with Gasteiger partial charge in [0.25, 0.3) is 0 Å². The molecule has 2 aromatic rings. The molecule has 8 heteroatoms. The van der Waals surface area contributed by atoms with E-state index in [1.165, 1.54) is 6.92 Å². The molecule has 0 spiro atoms. The smallest absolute Gasteiger partial charge is 0.396 e. The highest BCUT2D eigenvalue weighted by Gasteiger charge is 2.17. The van der Waals surface area contributed by atoms with Gasteiger partial charge in [-0.2, -0.15) is 0 Å². The van der Waals surface area contributed by atoms with Crippen molar-refractivity contribution in [1.82, 2.24) is 0 Å². The normalized spacial score (nSPS) is 10.4. The first kappa shape index (κ1) is 24.7. The van der Waals surface area contributed by atoms with E-state index in [9.17, 15) is 19.5 Å². The van der Waals surface area contributed by atoms with Crippen LogP contribution in [0.25, 0.3) is 0 Å². The van der Waals surface area contributed by atoms with Gasteiger partial charge in [-0.15, -0.1) is 0 Å². The summed E-state index contributed by atoms with van der Waals surface area (Å²) in [5.74, 6) is -0.920. The number of phenols is 1. The van der Waals surface area contributed by atoms with E-state index in [4.69, 9.17) is 9.47 Å². The molecular weight excluding hydrogens is 414 g/mol. The SMILES string of the molecule is CCCc1c(OCCCOc2cccc(NC(=O)C(=O)OC)c2C)ccc(C(C)=O)c1O. The van der Waals surface area contributed by atoms with Gasteiger partial charge in [-0.05, 0) is 44.5 Å². The minimum Gasteiger partial charge on any atom is -0.507 e. The van der Waals surface area contributed by atoms with Crippen LogP contribution in [0.2, 0.25) is 0 Å². The zero-order valence-electron chi connectivity index (χ0n) is 18.8. The van der Waals surface area contributed by atoms with Gasteiger partial charge >= 0.3 is 11.9 Å². The van der Waals surface area contributed by atoms with Gasteiger partial charge in [0.05, 0.1) is 25.9 Å². The quantitative estimate of drug-likeness (QED) is 0.249. The lowest BCUT2D eigenvalue weighted by Crippen LogP contribution is -2.24. The van der Waals surface area contributed by atoms with Gasteiger partial charge in [0.1, 0.15) is 17.2 Å². The van der Waals surface area contributed by atoms with Crippen LogP contribution in [0.5, 0.6) is 17.2 Å². The molecule has 0 aliphatic heterocycles. The molecule has 1 amide bonds. The number of ketones is 1. The maximum atomic E-state index is 11.7. The van der Waals surface area contributed by atoms with E-state index in [0.29, 0.717) is 59.9 Å². The molecule has 2 rings (SSSR count). The first-order valence-electron chi connectivity index (χ1n) is 10.4. The predicted octanol–water partition coefficient (Wildman–Crippen LogP) is 3.82. The first-order chi connectivity index (χ1) is 15.3. The van der Waals surface area contributed by atoms with Gasteiger partial charge in [0.15, 0.2) is 5.78 Å². The van der Waals surface area contributed by atoms with E-state index < -0.39 is 11.9 Å². The number of esters is 1. The highest BCUT2D eigenvalue weighted by atomic mass is 16.5. The van der Waals surface area contributed by atoms with Crippen molar-refractivity contribution in [2.24, 2.45) is 0 Å².